The van der Waals surface area contributed by atoms with Gasteiger partial charge in [0.05, 0.1) is 0 Å². The molecule has 1 saturated carbocycles. The second-order valence-corrected chi connectivity index (χ2v) is 6.23. The molecule has 0 aromatic carbocycles. The summed E-state index contributed by atoms with van der Waals surface area (Å²) < 4.78 is 7.55. The van der Waals surface area contributed by atoms with Crippen LogP contribution in [0.15, 0.2) is 12.4 Å². The summed E-state index contributed by atoms with van der Waals surface area (Å²) >= 11 is 0. The zero-order valence-corrected chi connectivity index (χ0v) is 12.4. The molecule has 1 aromatic rings. The third-order valence-corrected chi connectivity index (χ3v) is 4.48. The molecule has 0 unspecified atom stereocenters. The third-order valence-electron chi connectivity index (χ3n) is 4.48. The highest BCUT2D eigenvalue weighted by Crippen LogP contribution is 2.43. The van der Waals surface area contributed by atoms with Crippen molar-refractivity contribution in [3.8, 4) is 0 Å². The average Bonchev–Trinajstić information content (AvgIpc) is 2.87. The molecule has 0 aliphatic heterocycles. The number of aryl methyl sites for hydroxylation is 1. The number of ether oxygens (including phenoxy) is 1. The standard InChI is InChI=1S/C15H24N2O2/c1-5-17-11-10-16-13(17)12(18)15(19-4)8-6-14(2,3)7-9-15/h10-11H,5-9H2,1-4H3. The summed E-state index contributed by atoms with van der Waals surface area (Å²) in [5.41, 5.74) is -0.365. The van der Waals surface area contributed by atoms with E-state index in [9.17, 15) is 4.79 Å². The Morgan fingerprint density at radius 3 is 2.53 bits per heavy atom. The Labute approximate surface area is 115 Å². The number of methoxy groups -OCH3 is 1. The molecular weight excluding hydrogens is 240 g/mol. The fourth-order valence-corrected chi connectivity index (χ4v) is 2.83. The first-order valence-electron chi connectivity index (χ1n) is 7.05. The van der Waals surface area contributed by atoms with E-state index in [1.54, 1.807) is 13.3 Å². The lowest BCUT2D eigenvalue weighted by Gasteiger charge is -2.41. The zero-order valence-electron chi connectivity index (χ0n) is 12.4. The van der Waals surface area contributed by atoms with Gasteiger partial charge in [-0.3, -0.25) is 4.79 Å². The number of carbonyl (C=O) groups excluding carboxylic acids is 1. The lowest BCUT2D eigenvalue weighted by Crippen LogP contribution is -2.46. The van der Waals surface area contributed by atoms with Crippen LogP contribution in [0.2, 0.25) is 0 Å². The van der Waals surface area contributed by atoms with Gasteiger partial charge in [0.2, 0.25) is 5.78 Å². The molecule has 0 radical (unpaired) electrons. The smallest absolute Gasteiger partial charge is 0.229 e. The highest BCUT2D eigenvalue weighted by atomic mass is 16.5. The number of imidazole rings is 1. The fraction of sp³-hybridized carbons (Fsp3) is 0.733. The molecule has 2 rings (SSSR count). The van der Waals surface area contributed by atoms with Crippen LogP contribution in [-0.2, 0) is 11.3 Å². The molecule has 19 heavy (non-hydrogen) atoms. The summed E-state index contributed by atoms with van der Waals surface area (Å²) in [7, 11) is 1.65. The maximum atomic E-state index is 12.8. The largest absolute Gasteiger partial charge is 0.370 e. The minimum Gasteiger partial charge on any atom is -0.370 e. The topological polar surface area (TPSA) is 44.1 Å². The molecule has 0 N–H and O–H groups in total. The van der Waals surface area contributed by atoms with E-state index < -0.39 is 5.60 Å². The first-order valence-corrected chi connectivity index (χ1v) is 7.05. The molecular formula is C15H24N2O2. The first-order chi connectivity index (χ1) is 8.94. The van der Waals surface area contributed by atoms with Crippen molar-refractivity contribution in [2.45, 2.75) is 58.6 Å². The van der Waals surface area contributed by atoms with Gasteiger partial charge in [-0.05, 0) is 38.0 Å². The Morgan fingerprint density at radius 2 is 2.00 bits per heavy atom. The van der Waals surface area contributed by atoms with Crippen LogP contribution in [0.25, 0.3) is 0 Å². The van der Waals surface area contributed by atoms with Crippen LogP contribution >= 0.6 is 0 Å². The van der Waals surface area contributed by atoms with Crippen molar-refractivity contribution < 1.29 is 9.53 Å². The number of aromatic nitrogens is 2. The Kier molecular flexibility index (Phi) is 3.81. The van der Waals surface area contributed by atoms with Crippen molar-refractivity contribution in [3.63, 3.8) is 0 Å². The van der Waals surface area contributed by atoms with Gasteiger partial charge in [-0.25, -0.2) is 4.98 Å². The van der Waals surface area contributed by atoms with Crippen LogP contribution in [0.3, 0.4) is 0 Å². The molecule has 1 aromatic heterocycles. The van der Waals surface area contributed by atoms with Crippen LogP contribution in [0.1, 0.15) is 57.1 Å². The maximum Gasteiger partial charge on any atom is 0.229 e. The van der Waals surface area contributed by atoms with Gasteiger partial charge in [0, 0.05) is 26.0 Å². The number of Topliss-reactive ketones (excluding diaryl/α,β-unsaturated/α-hetero) is 1. The highest BCUT2D eigenvalue weighted by Gasteiger charge is 2.45. The molecule has 0 saturated heterocycles. The minimum absolute atomic E-state index is 0.0392. The lowest BCUT2D eigenvalue weighted by molar-refractivity contribution is -0.0391. The van der Waals surface area contributed by atoms with Crippen LogP contribution < -0.4 is 0 Å². The molecule has 0 atom stereocenters. The van der Waals surface area contributed by atoms with E-state index >= 15 is 0 Å². The predicted molar refractivity (Wildman–Crippen MR) is 74.2 cm³/mol. The molecule has 1 fully saturated rings. The van der Waals surface area contributed by atoms with Gasteiger partial charge in [-0.1, -0.05) is 13.8 Å². The monoisotopic (exact) mass is 264 g/mol. The summed E-state index contributed by atoms with van der Waals surface area (Å²) in [6, 6.07) is 0. The van der Waals surface area contributed by atoms with Crippen molar-refractivity contribution in [2.24, 2.45) is 5.41 Å². The summed E-state index contributed by atoms with van der Waals surface area (Å²) in [4.78, 5) is 17.0. The van der Waals surface area contributed by atoms with E-state index in [4.69, 9.17) is 4.74 Å². The second-order valence-electron chi connectivity index (χ2n) is 6.23. The van der Waals surface area contributed by atoms with E-state index in [0.717, 1.165) is 32.2 Å². The Balaban J connectivity index is 2.25. The van der Waals surface area contributed by atoms with Gasteiger partial charge in [0.1, 0.15) is 5.60 Å². The third kappa shape index (κ3) is 2.59. The van der Waals surface area contributed by atoms with Crippen molar-refractivity contribution in [1.82, 2.24) is 9.55 Å². The van der Waals surface area contributed by atoms with E-state index in [2.05, 4.69) is 18.8 Å². The van der Waals surface area contributed by atoms with Gasteiger partial charge in [-0.15, -0.1) is 0 Å². The van der Waals surface area contributed by atoms with Gasteiger partial charge in [0.25, 0.3) is 0 Å². The van der Waals surface area contributed by atoms with Crippen LogP contribution in [0, 0.1) is 5.41 Å². The van der Waals surface area contributed by atoms with E-state index in [-0.39, 0.29) is 5.78 Å². The van der Waals surface area contributed by atoms with E-state index in [0.29, 0.717) is 11.2 Å². The molecule has 1 aliphatic rings. The summed E-state index contributed by atoms with van der Waals surface area (Å²) in [5.74, 6) is 0.571. The maximum absolute atomic E-state index is 12.8. The van der Waals surface area contributed by atoms with Crippen molar-refractivity contribution >= 4 is 5.78 Å². The number of ketones is 1. The quantitative estimate of drug-likeness (QED) is 0.785. The zero-order chi connectivity index (χ0) is 14.1. The van der Waals surface area contributed by atoms with E-state index in [1.165, 1.54) is 0 Å². The Morgan fingerprint density at radius 1 is 1.37 bits per heavy atom. The predicted octanol–water partition coefficient (Wildman–Crippen LogP) is 3.07. The fourth-order valence-electron chi connectivity index (χ4n) is 2.83. The van der Waals surface area contributed by atoms with Crippen LogP contribution in [0.5, 0.6) is 0 Å². The molecule has 4 heteroatoms. The van der Waals surface area contributed by atoms with Gasteiger partial charge in [0.15, 0.2) is 5.82 Å². The van der Waals surface area contributed by atoms with Gasteiger partial charge in [-0.2, -0.15) is 0 Å². The summed E-state index contributed by atoms with van der Waals surface area (Å²) in [6.07, 6.45) is 7.13. The summed E-state index contributed by atoms with van der Waals surface area (Å²) in [6.45, 7) is 7.28. The number of nitrogens with zero attached hydrogens (tertiary/aromatic N) is 2. The number of carbonyl (C=O) groups is 1. The second kappa shape index (κ2) is 5.08. The molecule has 1 heterocycles. The average molecular weight is 264 g/mol. The Bertz CT molecular complexity index is 452. The molecule has 0 amide bonds. The number of rotatable bonds is 4. The molecule has 106 valence electrons. The highest BCUT2D eigenvalue weighted by molar-refractivity contribution is 5.99. The molecule has 1 aliphatic carbocycles. The molecule has 0 bridgehead atoms. The lowest BCUT2D eigenvalue weighted by atomic mass is 9.69. The minimum atomic E-state index is -0.673. The van der Waals surface area contributed by atoms with Crippen molar-refractivity contribution in [3.05, 3.63) is 18.2 Å². The molecule has 0 spiro atoms. The van der Waals surface area contributed by atoms with E-state index in [1.807, 2.05) is 17.7 Å². The SMILES string of the molecule is CCn1ccnc1C(=O)C1(OC)CCC(C)(C)CC1. The normalized spacial score (nSPS) is 21.3. The first kappa shape index (κ1) is 14.3. The van der Waals surface area contributed by atoms with Crippen LogP contribution in [-0.4, -0.2) is 28.0 Å². The van der Waals surface area contributed by atoms with Gasteiger partial charge >= 0.3 is 0 Å². The van der Waals surface area contributed by atoms with Crippen molar-refractivity contribution in [2.75, 3.05) is 7.11 Å². The number of hydrogen-bond acceptors (Lipinski definition) is 3. The Hall–Kier alpha value is -1.16. The van der Waals surface area contributed by atoms with Crippen LogP contribution in [0.4, 0.5) is 0 Å². The number of hydrogen-bond donors (Lipinski definition) is 0. The van der Waals surface area contributed by atoms with Crippen molar-refractivity contribution in [1.29, 1.82) is 0 Å². The molecule has 4 nitrogen and oxygen atoms in total. The van der Waals surface area contributed by atoms with Gasteiger partial charge < -0.3 is 9.30 Å². The summed E-state index contributed by atoms with van der Waals surface area (Å²) in [5, 5.41) is 0.